The molecule has 0 N–H and O–H groups in total. The fourth-order valence-electron chi connectivity index (χ4n) is 3.19. The molecule has 2 aromatic rings. The van der Waals surface area contributed by atoms with Gasteiger partial charge in [-0.3, -0.25) is 14.5 Å². The number of nitrogens with zero attached hydrogens (tertiary/aromatic N) is 2. The second-order valence-electron chi connectivity index (χ2n) is 6.72. The van der Waals surface area contributed by atoms with Gasteiger partial charge in [0.25, 0.3) is 5.91 Å². The van der Waals surface area contributed by atoms with Gasteiger partial charge in [0.15, 0.2) is 6.61 Å². The molecule has 4 rings (SSSR count). The number of hydrogen-bond acceptors (Lipinski definition) is 3. The van der Waals surface area contributed by atoms with Crippen molar-refractivity contribution >= 4 is 17.5 Å². The molecular formula is C20H18F2N2O3. The predicted octanol–water partition coefficient (Wildman–Crippen LogP) is 2.88. The molecule has 0 atom stereocenters. The molecule has 1 heterocycles. The highest BCUT2D eigenvalue weighted by Crippen LogP contribution is 2.33. The van der Waals surface area contributed by atoms with Crippen LogP contribution in [0.5, 0.6) is 5.75 Å². The molecule has 0 radical (unpaired) electrons. The molecule has 1 saturated carbocycles. The average molecular weight is 372 g/mol. The molecule has 1 aliphatic carbocycles. The van der Waals surface area contributed by atoms with E-state index in [0.29, 0.717) is 11.4 Å². The minimum Gasteiger partial charge on any atom is -0.482 e. The first kappa shape index (κ1) is 17.5. The van der Waals surface area contributed by atoms with Gasteiger partial charge in [-0.25, -0.2) is 8.78 Å². The summed E-state index contributed by atoms with van der Waals surface area (Å²) >= 11 is 0. The topological polar surface area (TPSA) is 49.9 Å². The normalized spacial score (nSPS) is 15.9. The van der Waals surface area contributed by atoms with Crippen LogP contribution in [0.15, 0.2) is 42.5 Å². The highest BCUT2D eigenvalue weighted by atomic mass is 19.1. The predicted molar refractivity (Wildman–Crippen MR) is 94.2 cm³/mol. The summed E-state index contributed by atoms with van der Waals surface area (Å²) in [5.41, 5.74) is 0.802. The van der Waals surface area contributed by atoms with E-state index in [4.69, 9.17) is 4.74 Å². The summed E-state index contributed by atoms with van der Waals surface area (Å²) in [5, 5.41) is 0. The van der Waals surface area contributed by atoms with Crippen molar-refractivity contribution in [2.24, 2.45) is 0 Å². The Labute approximate surface area is 155 Å². The number of halogens is 2. The molecule has 1 aliphatic heterocycles. The lowest BCUT2D eigenvalue weighted by Gasteiger charge is -2.31. The largest absolute Gasteiger partial charge is 0.482 e. The van der Waals surface area contributed by atoms with Gasteiger partial charge in [-0.05, 0) is 31.0 Å². The maximum Gasteiger partial charge on any atom is 0.265 e. The first-order valence-electron chi connectivity index (χ1n) is 8.78. The van der Waals surface area contributed by atoms with E-state index < -0.39 is 11.6 Å². The van der Waals surface area contributed by atoms with Crippen molar-refractivity contribution in [2.45, 2.75) is 25.4 Å². The standard InChI is InChI=1S/C20H18F2N2O3/c21-14-6-5-13(16(22)9-14)10-23(15-7-8-15)19(25)11-24-17-3-1-2-4-18(17)27-12-20(24)26/h1-6,9,15H,7-8,10-12H2. The molecule has 1 fully saturated rings. The van der Waals surface area contributed by atoms with Crippen LogP contribution < -0.4 is 9.64 Å². The Bertz CT molecular complexity index is 899. The highest BCUT2D eigenvalue weighted by Gasteiger charge is 2.35. The van der Waals surface area contributed by atoms with Gasteiger partial charge in [0, 0.05) is 24.2 Å². The van der Waals surface area contributed by atoms with Crippen LogP contribution in [-0.2, 0) is 16.1 Å². The molecule has 0 saturated heterocycles. The quantitative estimate of drug-likeness (QED) is 0.811. The van der Waals surface area contributed by atoms with Gasteiger partial charge in [0.1, 0.15) is 23.9 Å². The van der Waals surface area contributed by atoms with Crippen molar-refractivity contribution in [1.82, 2.24) is 4.90 Å². The summed E-state index contributed by atoms with van der Waals surface area (Å²) in [7, 11) is 0. The van der Waals surface area contributed by atoms with Gasteiger partial charge in [-0.2, -0.15) is 0 Å². The number of anilines is 1. The third kappa shape index (κ3) is 3.63. The third-order valence-electron chi connectivity index (χ3n) is 4.77. The fraction of sp³-hybridized carbons (Fsp3) is 0.300. The van der Waals surface area contributed by atoms with Crippen LogP contribution >= 0.6 is 0 Å². The van der Waals surface area contributed by atoms with Crippen LogP contribution in [0, 0.1) is 11.6 Å². The lowest BCUT2D eigenvalue weighted by Crippen LogP contribution is -2.47. The number of para-hydroxylation sites is 2. The molecule has 7 heteroatoms. The zero-order chi connectivity index (χ0) is 19.0. The lowest BCUT2D eigenvalue weighted by atomic mass is 10.2. The van der Waals surface area contributed by atoms with Crippen molar-refractivity contribution < 1.29 is 23.1 Å². The van der Waals surface area contributed by atoms with Crippen LogP contribution in [0.1, 0.15) is 18.4 Å². The van der Waals surface area contributed by atoms with Crippen molar-refractivity contribution in [2.75, 3.05) is 18.1 Å². The summed E-state index contributed by atoms with van der Waals surface area (Å²) in [6.07, 6.45) is 1.67. The Hall–Kier alpha value is -2.96. The van der Waals surface area contributed by atoms with Gasteiger partial charge < -0.3 is 9.64 Å². The maximum absolute atomic E-state index is 14.0. The third-order valence-corrected chi connectivity index (χ3v) is 4.77. The minimum atomic E-state index is -0.679. The smallest absolute Gasteiger partial charge is 0.265 e. The van der Waals surface area contributed by atoms with E-state index in [0.717, 1.165) is 18.9 Å². The monoisotopic (exact) mass is 372 g/mol. The Kier molecular flexibility index (Phi) is 4.51. The molecule has 2 amide bonds. The van der Waals surface area contributed by atoms with Crippen LogP contribution in [0.3, 0.4) is 0 Å². The first-order chi connectivity index (χ1) is 13.0. The molecule has 5 nitrogen and oxygen atoms in total. The second kappa shape index (κ2) is 6.98. The number of carbonyl (C=O) groups excluding carboxylic acids is 2. The Morgan fingerprint density at radius 3 is 2.70 bits per heavy atom. The molecular weight excluding hydrogens is 354 g/mol. The number of fused-ring (bicyclic) bond motifs is 1. The summed E-state index contributed by atoms with van der Waals surface area (Å²) in [6.45, 7) is -0.214. The van der Waals surface area contributed by atoms with Crippen LogP contribution in [0.25, 0.3) is 0 Å². The summed E-state index contributed by atoms with van der Waals surface area (Å²) in [6, 6.07) is 10.4. The number of ether oxygens (including phenoxy) is 1. The van der Waals surface area contributed by atoms with Crippen molar-refractivity contribution in [1.29, 1.82) is 0 Å². The maximum atomic E-state index is 14.0. The lowest BCUT2D eigenvalue weighted by molar-refractivity contribution is -0.133. The summed E-state index contributed by atoms with van der Waals surface area (Å²) in [4.78, 5) is 28.2. The Balaban J connectivity index is 1.54. The van der Waals surface area contributed by atoms with E-state index in [9.17, 15) is 18.4 Å². The Morgan fingerprint density at radius 2 is 1.96 bits per heavy atom. The van der Waals surface area contributed by atoms with Crippen molar-refractivity contribution in [3.05, 3.63) is 59.7 Å². The molecule has 140 valence electrons. The number of amides is 2. The van der Waals surface area contributed by atoms with Crippen LogP contribution in [0.4, 0.5) is 14.5 Å². The van der Waals surface area contributed by atoms with Crippen LogP contribution in [0.2, 0.25) is 0 Å². The fourth-order valence-corrected chi connectivity index (χ4v) is 3.19. The van der Waals surface area contributed by atoms with Crippen molar-refractivity contribution in [3.8, 4) is 5.75 Å². The van der Waals surface area contributed by atoms with E-state index >= 15 is 0 Å². The van der Waals surface area contributed by atoms with Gasteiger partial charge in [0.2, 0.25) is 5.91 Å². The van der Waals surface area contributed by atoms with E-state index in [1.54, 1.807) is 29.2 Å². The number of carbonyl (C=O) groups is 2. The SMILES string of the molecule is O=C1COc2ccccc2N1CC(=O)N(Cc1ccc(F)cc1F)C1CC1. The molecule has 0 spiro atoms. The first-order valence-corrected chi connectivity index (χ1v) is 8.78. The minimum absolute atomic E-state index is 0.0216. The number of hydrogen-bond donors (Lipinski definition) is 0. The molecule has 0 aromatic heterocycles. The Morgan fingerprint density at radius 1 is 1.19 bits per heavy atom. The second-order valence-corrected chi connectivity index (χ2v) is 6.72. The molecule has 27 heavy (non-hydrogen) atoms. The highest BCUT2D eigenvalue weighted by molar-refractivity contribution is 6.02. The van der Waals surface area contributed by atoms with Gasteiger partial charge in [0.05, 0.1) is 5.69 Å². The van der Waals surface area contributed by atoms with Crippen LogP contribution in [-0.4, -0.2) is 35.9 Å². The zero-order valence-electron chi connectivity index (χ0n) is 14.5. The van der Waals surface area contributed by atoms with E-state index in [-0.39, 0.29) is 43.1 Å². The van der Waals surface area contributed by atoms with Gasteiger partial charge in [-0.1, -0.05) is 18.2 Å². The van der Waals surface area contributed by atoms with Gasteiger partial charge in [-0.15, -0.1) is 0 Å². The molecule has 0 bridgehead atoms. The summed E-state index contributed by atoms with van der Waals surface area (Å²) in [5.74, 6) is -1.36. The number of benzene rings is 2. The number of rotatable bonds is 5. The van der Waals surface area contributed by atoms with E-state index in [1.165, 1.54) is 17.0 Å². The zero-order valence-corrected chi connectivity index (χ0v) is 14.5. The molecule has 2 aromatic carbocycles. The average Bonchev–Trinajstić information content (AvgIpc) is 3.48. The molecule has 0 unspecified atom stereocenters. The molecule has 2 aliphatic rings. The van der Waals surface area contributed by atoms with E-state index in [1.807, 2.05) is 0 Å². The van der Waals surface area contributed by atoms with Gasteiger partial charge >= 0.3 is 0 Å². The summed E-state index contributed by atoms with van der Waals surface area (Å²) < 4.78 is 32.5. The van der Waals surface area contributed by atoms with Crippen molar-refractivity contribution in [3.63, 3.8) is 0 Å². The van der Waals surface area contributed by atoms with E-state index in [2.05, 4.69) is 0 Å².